The molecule has 1 aromatic carbocycles. The molecule has 29 heavy (non-hydrogen) atoms. The Morgan fingerprint density at radius 1 is 1.03 bits per heavy atom. The summed E-state index contributed by atoms with van der Waals surface area (Å²) in [6, 6.07) is 5.51. The summed E-state index contributed by atoms with van der Waals surface area (Å²) in [7, 11) is -3.75. The van der Waals surface area contributed by atoms with Gasteiger partial charge in [-0.3, -0.25) is 0 Å². The van der Waals surface area contributed by atoms with Crippen LogP contribution in [0.25, 0.3) is 0 Å². The maximum atomic E-state index is 12.6. The second-order valence-corrected chi connectivity index (χ2v) is 9.85. The molecule has 2 aliphatic heterocycles. The van der Waals surface area contributed by atoms with E-state index in [1.165, 1.54) is 30.7 Å². The fourth-order valence-electron chi connectivity index (χ4n) is 4.13. The summed E-state index contributed by atoms with van der Waals surface area (Å²) in [6.45, 7) is 0.318. The van der Waals surface area contributed by atoms with Gasteiger partial charge in [0.05, 0.1) is 24.2 Å². The molecule has 1 aliphatic carbocycles. The first-order valence-electron chi connectivity index (χ1n) is 9.90. The number of benzene rings is 1. The van der Waals surface area contributed by atoms with Crippen LogP contribution in [0.1, 0.15) is 32.1 Å². The maximum absolute atomic E-state index is 12.6. The number of hydrogen-bond donors (Lipinski definition) is 2. The number of amides is 1. The van der Waals surface area contributed by atoms with Crippen LogP contribution >= 0.6 is 11.6 Å². The molecule has 2 N–H and O–H groups in total. The molecule has 3 fully saturated rings. The minimum atomic E-state index is -3.75. The van der Waals surface area contributed by atoms with Crippen LogP contribution in [0.5, 0.6) is 0 Å². The number of fused-ring (bicyclic) bond motifs is 1. The lowest BCUT2D eigenvalue weighted by Crippen LogP contribution is -2.45. The smallest absolute Gasteiger partial charge is 0.407 e. The van der Waals surface area contributed by atoms with Crippen LogP contribution in [0.3, 0.4) is 0 Å². The monoisotopic (exact) mass is 444 g/mol. The minimum absolute atomic E-state index is 0.114. The summed E-state index contributed by atoms with van der Waals surface area (Å²) in [5.41, 5.74) is 0. The first kappa shape index (κ1) is 20.9. The quantitative estimate of drug-likeness (QED) is 0.721. The predicted molar refractivity (Wildman–Crippen MR) is 105 cm³/mol. The molecule has 0 aromatic heterocycles. The predicted octanol–water partition coefficient (Wildman–Crippen LogP) is 2.21. The van der Waals surface area contributed by atoms with Gasteiger partial charge in [-0.05, 0) is 37.1 Å². The molecule has 0 bridgehead atoms. The van der Waals surface area contributed by atoms with Gasteiger partial charge in [0.1, 0.15) is 12.2 Å². The Morgan fingerprint density at radius 3 is 2.45 bits per heavy atom. The summed E-state index contributed by atoms with van der Waals surface area (Å²) < 4.78 is 44.8. The third kappa shape index (κ3) is 4.86. The van der Waals surface area contributed by atoms with Crippen LogP contribution in [0.2, 0.25) is 5.02 Å². The molecular weight excluding hydrogens is 420 g/mol. The van der Waals surface area contributed by atoms with Crippen molar-refractivity contribution in [3.05, 3.63) is 29.3 Å². The summed E-state index contributed by atoms with van der Waals surface area (Å²) in [5, 5.41) is 3.36. The molecule has 1 amide bonds. The summed E-state index contributed by atoms with van der Waals surface area (Å²) >= 11 is 5.82. The van der Waals surface area contributed by atoms with Crippen LogP contribution in [0.4, 0.5) is 4.79 Å². The summed E-state index contributed by atoms with van der Waals surface area (Å²) in [6.07, 6.45) is 3.32. The number of hydrogen-bond acceptors (Lipinski definition) is 6. The molecule has 4 atom stereocenters. The highest BCUT2D eigenvalue weighted by molar-refractivity contribution is 7.89. The van der Waals surface area contributed by atoms with Gasteiger partial charge in [-0.1, -0.05) is 30.9 Å². The van der Waals surface area contributed by atoms with E-state index in [4.69, 9.17) is 25.8 Å². The van der Waals surface area contributed by atoms with Gasteiger partial charge in [0.25, 0.3) is 0 Å². The van der Waals surface area contributed by atoms with Crippen LogP contribution in [0.15, 0.2) is 29.2 Å². The fraction of sp³-hybridized carbons (Fsp3) is 0.632. The molecule has 3 aliphatic rings. The maximum Gasteiger partial charge on any atom is 0.407 e. The molecule has 1 aromatic rings. The van der Waals surface area contributed by atoms with Crippen molar-refractivity contribution in [1.29, 1.82) is 0 Å². The van der Waals surface area contributed by atoms with Gasteiger partial charge in [0.15, 0.2) is 6.10 Å². The lowest BCUT2D eigenvalue weighted by atomic mass is 9.96. The van der Waals surface area contributed by atoms with E-state index in [-0.39, 0.29) is 24.2 Å². The zero-order valence-corrected chi connectivity index (χ0v) is 17.5. The molecule has 10 heteroatoms. The van der Waals surface area contributed by atoms with E-state index in [1.54, 1.807) is 0 Å². The summed E-state index contributed by atoms with van der Waals surface area (Å²) in [4.78, 5) is 12.3. The lowest BCUT2D eigenvalue weighted by Gasteiger charge is -2.24. The van der Waals surface area contributed by atoms with Crippen molar-refractivity contribution in [2.45, 2.75) is 67.4 Å². The number of ether oxygens (including phenoxy) is 3. The number of carbonyl (C=O) groups excluding carboxylic acids is 1. The Balaban J connectivity index is 1.32. The van der Waals surface area contributed by atoms with Crippen LogP contribution in [-0.4, -0.2) is 58.1 Å². The van der Waals surface area contributed by atoms with E-state index in [9.17, 15) is 13.2 Å². The van der Waals surface area contributed by atoms with Crippen molar-refractivity contribution in [2.24, 2.45) is 0 Å². The normalized spacial score (nSPS) is 30.1. The molecule has 0 radical (unpaired) electrons. The van der Waals surface area contributed by atoms with Crippen LogP contribution in [0, 0.1) is 0 Å². The first-order chi connectivity index (χ1) is 13.9. The van der Waals surface area contributed by atoms with Crippen molar-refractivity contribution in [3.8, 4) is 0 Å². The fourth-order valence-corrected chi connectivity index (χ4v) is 5.49. The van der Waals surface area contributed by atoms with E-state index >= 15 is 0 Å². The van der Waals surface area contributed by atoms with Gasteiger partial charge in [-0.15, -0.1) is 0 Å². The van der Waals surface area contributed by atoms with Crippen molar-refractivity contribution >= 4 is 27.7 Å². The van der Waals surface area contributed by atoms with Crippen molar-refractivity contribution in [3.63, 3.8) is 0 Å². The third-order valence-corrected chi connectivity index (χ3v) is 7.38. The first-order valence-corrected chi connectivity index (χ1v) is 11.8. The largest absolute Gasteiger partial charge is 0.441 e. The van der Waals surface area contributed by atoms with Gasteiger partial charge in [-0.25, -0.2) is 17.9 Å². The highest BCUT2D eigenvalue weighted by Crippen LogP contribution is 2.30. The number of alkyl carbamates (subject to hydrolysis) is 1. The Kier molecular flexibility index (Phi) is 6.31. The second-order valence-electron chi connectivity index (χ2n) is 7.70. The number of carbonyl (C=O) groups is 1. The third-order valence-electron chi connectivity index (χ3n) is 5.62. The Bertz CT molecular complexity index is 828. The number of rotatable bonds is 5. The van der Waals surface area contributed by atoms with Gasteiger partial charge < -0.3 is 19.5 Å². The average Bonchev–Trinajstić information content (AvgIpc) is 3.26. The number of halogens is 1. The van der Waals surface area contributed by atoms with Crippen molar-refractivity contribution in [1.82, 2.24) is 10.0 Å². The Labute approximate surface area is 175 Å². The number of nitrogens with one attached hydrogen (secondary N) is 2. The SMILES string of the molecule is O=C(NC1CCCCC1)OC1COC2C(NS(=O)(=O)c3ccc(Cl)cc3)COC12. The Hall–Kier alpha value is -1.39. The lowest BCUT2D eigenvalue weighted by molar-refractivity contribution is 0.00281. The number of sulfonamides is 1. The zero-order valence-electron chi connectivity index (χ0n) is 15.9. The van der Waals surface area contributed by atoms with Crippen LogP contribution < -0.4 is 10.0 Å². The van der Waals surface area contributed by atoms with Crippen molar-refractivity contribution in [2.75, 3.05) is 13.2 Å². The van der Waals surface area contributed by atoms with Gasteiger partial charge in [-0.2, -0.15) is 0 Å². The average molecular weight is 445 g/mol. The molecule has 2 saturated heterocycles. The Morgan fingerprint density at radius 2 is 1.72 bits per heavy atom. The van der Waals surface area contributed by atoms with Crippen molar-refractivity contribution < 1.29 is 27.4 Å². The van der Waals surface area contributed by atoms with E-state index in [0.717, 1.165) is 25.7 Å². The summed E-state index contributed by atoms with van der Waals surface area (Å²) in [5.74, 6) is 0. The topological polar surface area (TPSA) is 103 Å². The zero-order chi connectivity index (χ0) is 20.4. The van der Waals surface area contributed by atoms with E-state index < -0.39 is 40.5 Å². The molecule has 0 spiro atoms. The standard InChI is InChI=1S/C19H25ClN2O6S/c20-12-6-8-14(9-7-12)29(24,25)22-15-10-26-18-16(11-27-17(15)18)28-19(23)21-13-4-2-1-3-5-13/h6-9,13,15-18,22H,1-5,10-11H2,(H,21,23). The van der Waals surface area contributed by atoms with E-state index in [2.05, 4.69) is 10.0 Å². The molecular formula is C19H25ClN2O6S. The van der Waals surface area contributed by atoms with Gasteiger partial charge in [0.2, 0.25) is 10.0 Å². The molecule has 4 rings (SSSR count). The molecule has 160 valence electrons. The second kappa shape index (κ2) is 8.77. The minimum Gasteiger partial charge on any atom is -0.441 e. The van der Waals surface area contributed by atoms with Gasteiger partial charge >= 0.3 is 6.09 Å². The molecule has 4 unspecified atom stereocenters. The van der Waals surface area contributed by atoms with Crippen LogP contribution in [-0.2, 0) is 24.2 Å². The molecule has 2 heterocycles. The van der Waals surface area contributed by atoms with E-state index in [0.29, 0.717) is 5.02 Å². The molecule has 1 saturated carbocycles. The highest BCUT2D eigenvalue weighted by Gasteiger charge is 2.50. The molecule has 8 nitrogen and oxygen atoms in total. The van der Waals surface area contributed by atoms with Gasteiger partial charge in [0, 0.05) is 11.1 Å². The highest BCUT2D eigenvalue weighted by atomic mass is 35.5. The van der Waals surface area contributed by atoms with E-state index in [1.807, 2.05) is 0 Å².